The summed E-state index contributed by atoms with van der Waals surface area (Å²) in [4.78, 5) is 12.2. The molecule has 0 saturated carbocycles. The number of para-hydroxylation sites is 1. The van der Waals surface area contributed by atoms with Crippen molar-refractivity contribution in [1.82, 2.24) is 0 Å². The Balaban J connectivity index is 2.17. The Bertz CT molecular complexity index is 968. The highest BCUT2D eigenvalue weighted by Gasteiger charge is 2.21. The van der Waals surface area contributed by atoms with Gasteiger partial charge in [0.2, 0.25) is 15.9 Å². The van der Waals surface area contributed by atoms with Crippen LogP contribution < -0.4 is 9.62 Å². The van der Waals surface area contributed by atoms with E-state index >= 15 is 0 Å². The third-order valence-corrected chi connectivity index (χ3v) is 5.12. The van der Waals surface area contributed by atoms with Gasteiger partial charge in [-0.05, 0) is 36.8 Å². The number of aryl methyl sites for hydroxylation is 1. The minimum atomic E-state index is -3.60. The molecule has 2 rings (SSSR count). The van der Waals surface area contributed by atoms with E-state index in [1.807, 2.05) is 6.07 Å². The Morgan fingerprint density at radius 3 is 2.62 bits per heavy atom. The van der Waals surface area contributed by atoms with Crippen LogP contribution in [0.4, 0.5) is 11.4 Å². The van der Waals surface area contributed by atoms with E-state index in [1.165, 1.54) is 0 Å². The fraction of sp³-hybridized carbons (Fsp3) is 0.222. The molecule has 0 atom stereocenters. The molecule has 0 spiro atoms. The topological polar surface area (TPSA) is 90.3 Å². The second kappa shape index (κ2) is 8.21. The van der Waals surface area contributed by atoms with E-state index in [9.17, 15) is 13.2 Å². The van der Waals surface area contributed by atoms with Crippen LogP contribution >= 0.6 is 11.6 Å². The second-order valence-electron chi connectivity index (χ2n) is 5.72. The van der Waals surface area contributed by atoms with Gasteiger partial charge in [-0.15, -0.1) is 0 Å². The molecule has 6 nitrogen and oxygen atoms in total. The molecular formula is C18H18ClN3O3S. The van der Waals surface area contributed by atoms with E-state index in [0.717, 1.165) is 16.1 Å². The van der Waals surface area contributed by atoms with Gasteiger partial charge in [-0.2, -0.15) is 5.26 Å². The Morgan fingerprint density at radius 2 is 1.96 bits per heavy atom. The van der Waals surface area contributed by atoms with E-state index in [1.54, 1.807) is 49.4 Å². The third kappa shape index (κ3) is 4.97. The maximum atomic E-state index is 12.2. The number of nitrogens with zero attached hydrogens (tertiary/aromatic N) is 2. The van der Waals surface area contributed by atoms with Crippen molar-refractivity contribution in [3.05, 3.63) is 58.6 Å². The molecule has 0 fully saturated rings. The average molecular weight is 392 g/mol. The molecular weight excluding hydrogens is 374 g/mol. The maximum absolute atomic E-state index is 12.2. The summed E-state index contributed by atoms with van der Waals surface area (Å²) >= 11 is 5.98. The number of halogens is 1. The van der Waals surface area contributed by atoms with Crippen LogP contribution in [-0.2, 0) is 14.8 Å². The number of carbonyl (C=O) groups is 1. The fourth-order valence-corrected chi connectivity index (χ4v) is 3.56. The van der Waals surface area contributed by atoms with E-state index in [-0.39, 0.29) is 18.9 Å². The molecule has 0 aliphatic heterocycles. The summed E-state index contributed by atoms with van der Waals surface area (Å²) in [6, 6.07) is 13.6. The molecule has 0 aliphatic carbocycles. The molecule has 2 aromatic carbocycles. The summed E-state index contributed by atoms with van der Waals surface area (Å²) in [5, 5.41) is 12.1. The Morgan fingerprint density at radius 1 is 1.27 bits per heavy atom. The Hall–Kier alpha value is -2.56. The quantitative estimate of drug-likeness (QED) is 0.817. The number of nitrogens with one attached hydrogen (secondary N) is 1. The fourth-order valence-electron chi connectivity index (χ4n) is 2.42. The molecule has 0 saturated heterocycles. The molecule has 1 amide bonds. The minimum Gasteiger partial charge on any atom is -0.325 e. The van der Waals surface area contributed by atoms with Crippen molar-refractivity contribution >= 4 is 38.9 Å². The normalized spacial score (nSPS) is 10.8. The van der Waals surface area contributed by atoms with Gasteiger partial charge in [0.15, 0.2) is 0 Å². The lowest BCUT2D eigenvalue weighted by Crippen LogP contribution is -2.33. The molecule has 8 heteroatoms. The first kappa shape index (κ1) is 19.8. The van der Waals surface area contributed by atoms with Crippen molar-refractivity contribution in [3.8, 4) is 6.07 Å². The Labute approximate surface area is 158 Å². The van der Waals surface area contributed by atoms with Crippen molar-refractivity contribution in [2.45, 2.75) is 13.3 Å². The van der Waals surface area contributed by atoms with Crippen molar-refractivity contribution in [3.63, 3.8) is 0 Å². The number of nitriles is 1. The van der Waals surface area contributed by atoms with Crippen LogP contribution in [0.1, 0.15) is 17.5 Å². The molecule has 0 unspecified atom stereocenters. The van der Waals surface area contributed by atoms with Gasteiger partial charge in [-0.1, -0.05) is 29.8 Å². The number of sulfonamides is 1. The van der Waals surface area contributed by atoms with E-state index in [0.29, 0.717) is 22.0 Å². The van der Waals surface area contributed by atoms with Gasteiger partial charge >= 0.3 is 0 Å². The summed E-state index contributed by atoms with van der Waals surface area (Å²) in [5.74, 6) is -0.388. The smallest absolute Gasteiger partial charge is 0.232 e. The summed E-state index contributed by atoms with van der Waals surface area (Å²) in [5.41, 5.74) is 1.90. The molecule has 0 aliphatic rings. The number of rotatable bonds is 6. The lowest BCUT2D eigenvalue weighted by Gasteiger charge is -2.24. The first-order chi connectivity index (χ1) is 12.2. The van der Waals surface area contributed by atoms with Gasteiger partial charge < -0.3 is 5.32 Å². The standard InChI is InChI=1S/C18H18ClN3O3S/c1-13-7-8-15(19)11-17(13)22(26(2,24)25)10-9-18(23)21-16-6-4-3-5-14(16)12-20/h3-8,11H,9-10H2,1-2H3,(H,21,23). The number of hydrogen-bond acceptors (Lipinski definition) is 4. The van der Waals surface area contributed by atoms with Crippen molar-refractivity contribution in [1.29, 1.82) is 5.26 Å². The molecule has 1 N–H and O–H groups in total. The summed E-state index contributed by atoms with van der Waals surface area (Å²) in [7, 11) is -3.60. The lowest BCUT2D eigenvalue weighted by atomic mass is 10.2. The molecule has 0 aromatic heterocycles. The van der Waals surface area contributed by atoms with Crippen LogP contribution in [0, 0.1) is 18.3 Å². The summed E-state index contributed by atoms with van der Waals surface area (Å²) < 4.78 is 25.5. The van der Waals surface area contributed by atoms with Crippen molar-refractivity contribution < 1.29 is 13.2 Å². The van der Waals surface area contributed by atoms with Crippen LogP contribution in [0.25, 0.3) is 0 Å². The largest absolute Gasteiger partial charge is 0.325 e. The van der Waals surface area contributed by atoms with Crippen LogP contribution in [0.3, 0.4) is 0 Å². The molecule has 0 bridgehead atoms. The third-order valence-electron chi connectivity index (χ3n) is 3.70. The summed E-state index contributed by atoms with van der Waals surface area (Å²) in [6.45, 7) is 1.73. The zero-order chi connectivity index (χ0) is 19.3. The zero-order valence-corrected chi connectivity index (χ0v) is 15.9. The maximum Gasteiger partial charge on any atom is 0.232 e. The average Bonchev–Trinajstić information content (AvgIpc) is 2.57. The van der Waals surface area contributed by atoms with Gasteiger partial charge in [0.05, 0.1) is 23.2 Å². The van der Waals surface area contributed by atoms with Gasteiger partial charge in [-0.25, -0.2) is 8.42 Å². The van der Waals surface area contributed by atoms with Crippen LogP contribution in [0.2, 0.25) is 5.02 Å². The zero-order valence-electron chi connectivity index (χ0n) is 14.4. The number of amides is 1. The lowest BCUT2D eigenvalue weighted by molar-refractivity contribution is -0.116. The number of benzene rings is 2. The predicted molar refractivity (Wildman–Crippen MR) is 103 cm³/mol. The first-order valence-electron chi connectivity index (χ1n) is 7.75. The minimum absolute atomic E-state index is 0.0411. The SMILES string of the molecule is Cc1ccc(Cl)cc1N(CCC(=O)Nc1ccccc1C#N)S(C)(=O)=O. The molecule has 0 heterocycles. The van der Waals surface area contributed by atoms with E-state index in [2.05, 4.69) is 5.32 Å². The highest BCUT2D eigenvalue weighted by molar-refractivity contribution is 7.92. The molecule has 26 heavy (non-hydrogen) atoms. The number of hydrogen-bond donors (Lipinski definition) is 1. The predicted octanol–water partition coefficient (Wildman–Crippen LogP) is 3.31. The summed E-state index contributed by atoms with van der Waals surface area (Å²) in [6.07, 6.45) is 1.01. The van der Waals surface area contributed by atoms with Crippen LogP contribution in [0.15, 0.2) is 42.5 Å². The van der Waals surface area contributed by atoms with Gasteiger partial charge in [-0.3, -0.25) is 9.10 Å². The van der Waals surface area contributed by atoms with Crippen molar-refractivity contribution in [2.75, 3.05) is 22.4 Å². The van der Waals surface area contributed by atoms with Gasteiger partial charge in [0, 0.05) is 18.0 Å². The highest BCUT2D eigenvalue weighted by atomic mass is 35.5. The number of carbonyl (C=O) groups excluding carboxylic acids is 1. The highest BCUT2D eigenvalue weighted by Crippen LogP contribution is 2.26. The Kier molecular flexibility index (Phi) is 6.24. The number of anilines is 2. The van der Waals surface area contributed by atoms with Crippen LogP contribution in [0.5, 0.6) is 0 Å². The monoisotopic (exact) mass is 391 g/mol. The van der Waals surface area contributed by atoms with Gasteiger partial charge in [0.25, 0.3) is 0 Å². The first-order valence-corrected chi connectivity index (χ1v) is 9.98. The van der Waals surface area contributed by atoms with E-state index < -0.39 is 10.0 Å². The van der Waals surface area contributed by atoms with E-state index in [4.69, 9.17) is 16.9 Å². The molecule has 2 aromatic rings. The molecule has 0 radical (unpaired) electrons. The van der Waals surface area contributed by atoms with Crippen molar-refractivity contribution in [2.24, 2.45) is 0 Å². The molecule has 136 valence electrons. The van der Waals surface area contributed by atoms with Crippen LogP contribution in [-0.4, -0.2) is 27.1 Å². The second-order valence-corrected chi connectivity index (χ2v) is 8.06. The van der Waals surface area contributed by atoms with Gasteiger partial charge in [0.1, 0.15) is 6.07 Å².